The van der Waals surface area contributed by atoms with E-state index in [1.165, 1.54) is 0 Å². The van der Waals surface area contributed by atoms with Crippen molar-refractivity contribution in [2.24, 2.45) is 11.8 Å². The van der Waals surface area contributed by atoms with E-state index in [9.17, 15) is 9.59 Å². The minimum atomic E-state index is -0.219. The molecule has 1 aliphatic heterocycles. The predicted octanol–water partition coefficient (Wildman–Crippen LogP) is 2.34. The lowest BCUT2D eigenvalue weighted by atomic mass is 10.2. The number of carbonyl (C=O) groups is 2. The molecule has 4 rings (SSSR count). The third-order valence-corrected chi connectivity index (χ3v) is 5.79. The van der Waals surface area contributed by atoms with E-state index in [-0.39, 0.29) is 23.7 Å². The third kappa shape index (κ3) is 4.12. The van der Waals surface area contributed by atoms with Crippen molar-refractivity contribution in [3.05, 3.63) is 59.2 Å². The highest BCUT2D eigenvalue weighted by atomic mass is 35.5. The molecule has 1 saturated heterocycles. The van der Waals surface area contributed by atoms with Gasteiger partial charge in [-0.2, -0.15) is 0 Å². The Hall–Kier alpha value is -2.60. The summed E-state index contributed by atoms with van der Waals surface area (Å²) in [4.78, 5) is 33.6. The maximum Gasteiger partial charge on any atom is 0.226 e. The highest BCUT2D eigenvalue weighted by molar-refractivity contribution is 6.31. The predicted molar refractivity (Wildman–Crippen MR) is 108 cm³/mol. The number of nitrogens with one attached hydrogen (secondary N) is 1. The van der Waals surface area contributed by atoms with Crippen LogP contribution in [-0.2, 0) is 16.1 Å². The number of nitrogens with zero attached hydrogens (tertiary/aromatic N) is 3. The van der Waals surface area contributed by atoms with Crippen LogP contribution in [0, 0.1) is 11.8 Å². The van der Waals surface area contributed by atoms with Gasteiger partial charge < -0.3 is 15.1 Å². The van der Waals surface area contributed by atoms with E-state index >= 15 is 0 Å². The molecule has 1 aromatic carbocycles. The molecule has 0 bridgehead atoms. The highest BCUT2D eigenvalue weighted by Gasteiger charge is 2.49. The van der Waals surface area contributed by atoms with E-state index in [4.69, 9.17) is 11.6 Å². The van der Waals surface area contributed by atoms with Crippen LogP contribution in [0.2, 0.25) is 5.02 Å². The molecule has 1 aromatic heterocycles. The van der Waals surface area contributed by atoms with Gasteiger partial charge in [0.25, 0.3) is 0 Å². The summed E-state index contributed by atoms with van der Waals surface area (Å²) in [7, 11) is 0. The van der Waals surface area contributed by atoms with E-state index < -0.39 is 0 Å². The number of aromatic nitrogens is 1. The van der Waals surface area contributed by atoms with Gasteiger partial charge in [0.2, 0.25) is 11.8 Å². The summed E-state index contributed by atoms with van der Waals surface area (Å²) in [6, 6.07) is 13.3. The smallest absolute Gasteiger partial charge is 0.226 e. The summed E-state index contributed by atoms with van der Waals surface area (Å²) in [5, 5.41) is 3.54. The number of halogens is 1. The Kier molecular flexibility index (Phi) is 5.48. The molecule has 2 amide bonds. The maximum atomic E-state index is 12.7. The van der Waals surface area contributed by atoms with Crippen LogP contribution in [-0.4, -0.2) is 47.9 Å². The second-order valence-electron chi connectivity index (χ2n) is 7.26. The van der Waals surface area contributed by atoms with E-state index in [1.54, 1.807) is 12.3 Å². The SMILES string of the molecule is O=C(NCc1ccccc1Cl)C1CC1C(=O)N1CCN(c2ccccn2)CC1. The topological polar surface area (TPSA) is 65.5 Å². The zero-order valence-corrected chi connectivity index (χ0v) is 16.3. The molecule has 28 heavy (non-hydrogen) atoms. The van der Waals surface area contributed by atoms with Crippen molar-refractivity contribution in [2.75, 3.05) is 31.1 Å². The van der Waals surface area contributed by atoms with Gasteiger partial charge in [-0.15, -0.1) is 0 Å². The highest BCUT2D eigenvalue weighted by Crippen LogP contribution is 2.40. The van der Waals surface area contributed by atoms with Gasteiger partial charge >= 0.3 is 0 Å². The van der Waals surface area contributed by atoms with Crippen LogP contribution < -0.4 is 10.2 Å². The lowest BCUT2D eigenvalue weighted by molar-refractivity contribution is -0.135. The average molecular weight is 399 g/mol. The van der Waals surface area contributed by atoms with Crippen molar-refractivity contribution >= 4 is 29.2 Å². The molecule has 6 nitrogen and oxygen atoms in total. The van der Waals surface area contributed by atoms with Crippen molar-refractivity contribution in [3.63, 3.8) is 0 Å². The lowest BCUT2D eigenvalue weighted by Gasteiger charge is -2.35. The molecule has 2 aliphatic rings. The second-order valence-corrected chi connectivity index (χ2v) is 7.67. The van der Waals surface area contributed by atoms with Crippen LogP contribution in [0.1, 0.15) is 12.0 Å². The van der Waals surface area contributed by atoms with Gasteiger partial charge in [0.1, 0.15) is 5.82 Å². The molecule has 0 radical (unpaired) electrons. The monoisotopic (exact) mass is 398 g/mol. The fraction of sp³-hybridized carbons (Fsp3) is 0.381. The van der Waals surface area contributed by atoms with Crippen molar-refractivity contribution in [1.29, 1.82) is 0 Å². The quantitative estimate of drug-likeness (QED) is 0.839. The van der Waals surface area contributed by atoms with Crippen molar-refractivity contribution < 1.29 is 9.59 Å². The number of rotatable bonds is 5. The number of benzene rings is 1. The Morgan fingerprint density at radius 3 is 2.50 bits per heavy atom. The molecule has 2 aromatic rings. The standard InChI is InChI=1S/C21H23ClN4O2/c22-18-6-2-1-5-15(18)14-24-20(27)16-13-17(16)21(28)26-11-9-25(10-12-26)19-7-3-4-8-23-19/h1-8,16-17H,9-14H2,(H,24,27). The summed E-state index contributed by atoms with van der Waals surface area (Å²) >= 11 is 6.12. The molecule has 1 saturated carbocycles. The van der Waals surface area contributed by atoms with Crippen LogP contribution in [0.25, 0.3) is 0 Å². The fourth-order valence-electron chi connectivity index (χ4n) is 3.64. The van der Waals surface area contributed by atoms with Crippen LogP contribution in [0.4, 0.5) is 5.82 Å². The van der Waals surface area contributed by atoms with E-state index in [1.807, 2.05) is 41.3 Å². The van der Waals surface area contributed by atoms with Gasteiger partial charge in [-0.1, -0.05) is 35.9 Å². The van der Waals surface area contributed by atoms with Gasteiger partial charge in [-0.25, -0.2) is 4.98 Å². The normalized spacial score (nSPS) is 21.3. The summed E-state index contributed by atoms with van der Waals surface area (Å²) < 4.78 is 0. The number of hydrogen-bond donors (Lipinski definition) is 1. The Morgan fingerprint density at radius 1 is 1.04 bits per heavy atom. The largest absolute Gasteiger partial charge is 0.353 e. The second kappa shape index (κ2) is 8.19. The lowest BCUT2D eigenvalue weighted by Crippen LogP contribution is -2.49. The number of anilines is 1. The summed E-state index contributed by atoms with van der Waals surface area (Å²) in [6.07, 6.45) is 2.41. The first kappa shape index (κ1) is 18.7. The zero-order chi connectivity index (χ0) is 19.5. The van der Waals surface area contributed by atoms with Crippen LogP contribution in [0.5, 0.6) is 0 Å². The van der Waals surface area contributed by atoms with Crippen molar-refractivity contribution in [3.8, 4) is 0 Å². The Morgan fingerprint density at radius 2 is 1.79 bits per heavy atom. The van der Waals surface area contributed by atoms with Crippen LogP contribution >= 0.6 is 11.6 Å². The molecule has 1 N–H and O–H groups in total. The molecule has 146 valence electrons. The van der Waals surface area contributed by atoms with Crippen LogP contribution in [0.3, 0.4) is 0 Å². The number of amides is 2. The van der Waals surface area contributed by atoms with E-state index in [2.05, 4.69) is 15.2 Å². The van der Waals surface area contributed by atoms with E-state index in [0.29, 0.717) is 31.1 Å². The molecule has 2 fully saturated rings. The number of hydrogen-bond acceptors (Lipinski definition) is 4. The Bertz CT molecular complexity index is 852. The Balaban J connectivity index is 1.24. The number of piperazine rings is 1. The number of carbonyl (C=O) groups excluding carboxylic acids is 2. The molecule has 0 spiro atoms. The molecular formula is C21H23ClN4O2. The zero-order valence-electron chi connectivity index (χ0n) is 15.6. The van der Waals surface area contributed by atoms with Gasteiger partial charge in [-0.05, 0) is 30.2 Å². The van der Waals surface area contributed by atoms with Gasteiger partial charge in [0.05, 0.1) is 11.8 Å². The van der Waals surface area contributed by atoms with Gasteiger partial charge in [-0.3, -0.25) is 9.59 Å². The van der Waals surface area contributed by atoms with Crippen LogP contribution in [0.15, 0.2) is 48.7 Å². The molecular weight excluding hydrogens is 376 g/mol. The first-order valence-corrected chi connectivity index (χ1v) is 9.97. The summed E-state index contributed by atoms with van der Waals surface area (Å²) in [6.45, 7) is 3.25. The average Bonchev–Trinajstić information content (AvgIpc) is 3.54. The van der Waals surface area contributed by atoms with Gasteiger partial charge in [0, 0.05) is 43.9 Å². The summed E-state index contributed by atoms with van der Waals surface area (Å²) in [5.74, 6) is 0.568. The first-order chi connectivity index (χ1) is 13.6. The molecule has 1 aliphatic carbocycles. The third-order valence-electron chi connectivity index (χ3n) is 5.42. The van der Waals surface area contributed by atoms with Crippen molar-refractivity contribution in [2.45, 2.75) is 13.0 Å². The maximum absolute atomic E-state index is 12.7. The molecule has 7 heteroatoms. The van der Waals surface area contributed by atoms with E-state index in [0.717, 1.165) is 24.5 Å². The molecule has 2 heterocycles. The van der Waals surface area contributed by atoms with Gasteiger partial charge in [0.15, 0.2) is 0 Å². The molecule has 2 unspecified atom stereocenters. The Labute approximate surface area is 169 Å². The fourth-order valence-corrected chi connectivity index (χ4v) is 3.85. The first-order valence-electron chi connectivity index (χ1n) is 9.59. The minimum Gasteiger partial charge on any atom is -0.353 e. The number of pyridine rings is 1. The molecule has 2 atom stereocenters. The summed E-state index contributed by atoms with van der Waals surface area (Å²) in [5.41, 5.74) is 0.881. The minimum absolute atomic E-state index is 0.0645. The van der Waals surface area contributed by atoms with Crippen molar-refractivity contribution in [1.82, 2.24) is 15.2 Å².